The van der Waals surface area contributed by atoms with E-state index in [1.807, 2.05) is 6.92 Å². The molecule has 0 spiro atoms. The highest BCUT2D eigenvalue weighted by Crippen LogP contribution is 1.78. The van der Waals surface area contributed by atoms with Crippen molar-refractivity contribution in [2.24, 2.45) is 0 Å². The average Bonchev–Trinajstić information content (AvgIpc) is 1.65. The molecule has 2 heteroatoms. The standard InChI is InChI=1S/C6H11NO/c1-4-5(2)7-6(3)8/h4-5H,1H2,2-3H3,(H,7,8)/t5-/m0/s1. The van der Waals surface area contributed by atoms with Crippen LogP contribution in [0.5, 0.6) is 0 Å². The van der Waals surface area contributed by atoms with Crippen molar-refractivity contribution in [1.29, 1.82) is 0 Å². The lowest BCUT2D eigenvalue weighted by Gasteiger charge is -2.03. The van der Waals surface area contributed by atoms with E-state index in [9.17, 15) is 4.79 Å². The molecule has 0 heterocycles. The minimum Gasteiger partial charge on any atom is -0.350 e. The van der Waals surface area contributed by atoms with Crippen molar-refractivity contribution in [3.8, 4) is 0 Å². The second kappa shape index (κ2) is 3.24. The molecule has 0 aromatic carbocycles. The summed E-state index contributed by atoms with van der Waals surface area (Å²) in [6, 6.07) is 0.0903. The topological polar surface area (TPSA) is 29.1 Å². The van der Waals surface area contributed by atoms with Gasteiger partial charge in [0.2, 0.25) is 5.91 Å². The molecular weight excluding hydrogens is 102 g/mol. The Morgan fingerprint density at radius 1 is 1.88 bits per heavy atom. The fraction of sp³-hybridized carbons (Fsp3) is 0.500. The van der Waals surface area contributed by atoms with Gasteiger partial charge in [-0.3, -0.25) is 4.79 Å². The van der Waals surface area contributed by atoms with E-state index in [1.165, 1.54) is 6.92 Å². The Morgan fingerprint density at radius 2 is 2.38 bits per heavy atom. The van der Waals surface area contributed by atoms with E-state index in [-0.39, 0.29) is 11.9 Å². The van der Waals surface area contributed by atoms with Gasteiger partial charge in [0.15, 0.2) is 0 Å². The quantitative estimate of drug-likeness (QED) is 0.525. The monoisotopic (exact) mass is 113 g/mol. The van der Waals surface area contributed by atoms with Crippen LogP contribution in [0, 0.1) is 0 Å². The first kappa shape index (κ1) is 7.21. The van der Waals surface area contributed by atoms with Crippen LogP contribution < -0.4 is 5.32 Å². The van der Waals surface area contributed by atoms with Gasteiger partial charge in [-0.25, -0.2) is 0 Å². The SMILES string of the molecule is C=C[C@H](C)NC(C)=O. The third-order valence-electron chi connectivity index (χ3n) is 0.784. The van der Waals surface area contributed by atoms with Crippen molar-refractivity contribution in [3.05, 3.63) is 12.7 Å². The van der Waals surface area contributed by atoms with Crippen LogP contribution in [0.15, 0.2) is 12.7 Å². The van der Waals surface area contributed by atoms with Crippen LogP contribution in [0.1, 0.15) is 13.8 Å². The molecule has 0 aliphatic rings. The van der Waals surface area contributed by atoms with Crippen molar-refractivity contribution < 1.29 is 4.79 Å². The van der Waals surface area contributed by atoms with Crippen molar-refractivity contribution in [2.45, 2.75) is 19.9 Å². The molecule has 0 bridgehead atoms. The van der Waals surface area contributed by atoms with E-state index in [0.717, 1.165) is 0 Å². The van der Waals surface area contributed by atoms with Gasteiger partial charge in [-0.15, -0.1) is 6.58 Å². The summed E-state index contributed by atoms with van der Waals surface area (Å²) in [4.78, 5) is 10.3. The Kier molecular flexibility index (Phi) is 2.92. The van der Waals surface area contributed by atoms with Crippen molar-refractivity contribution >= 4 is 5.91 Å². The Bertz CT molecular complexity index is 98.7. The van der Waals surface area contributed by atoms with Gasteiger partial charge in [0.1, 0.15) is 0 Å². The van der Waals surface area contributed by atoms with Gasteiger partial charge in [-0.1, -0.05) is 6.08 Å². The molecule has 0 aromatic heterocycles. The number of amides is 1. The molecule has 0 saturated carbocycles. The summed E-state index contributed by atoms with van der Waals surface area (Å²) in [5, 5.41) is 2.64. The molecule has 0 unspecified atom stereocenters. The molecule has 0 aromatic rings. The number of carbonyl (C=O) groups is 1. The van der Waals surface area contributed by atoms with Crippen LogP contribution in [0.4, 0.5) is 0 Å². The number of rotatable bonds is 2. The van der Waals surface area contributed by atoms with Crippen LogP contribution >= 0.6 is 0 Å². The van der Waals surface area contributed by atoms with Crippen molar-refractivity contribution in [1.82, 2.24) is 5.32 Å². The van der Waals surface area contributed by atoms with Crippen molar-refractivity contribution in [2.75, 3.05) is 0 Å². The lowest BCUT2D eigenvalue weighted by atomic mass is 10.3. The minimum absolute atomic E-state index is 0.0163. The third-order valence-corrected chi connectivity index (χ3v) is 0.784. The Hall–Kier alpha value is -0.790. The molecule has 0 rings (SSSR count). The minimum atomic E-state index is -0.0163. The number of hydrogen-bond donors (Lipinski definition) is 1. The maximum atomic E-state index is 10.3. The molecule has 0 aliphatic carbocycles. The Labute approximate surface area is 49.6 Å². The predicted molar refractivity (Wildman–Crippen MR) is 33.5 cm³/mol. The van der Waals surface area contributed by atoms with Gasteiger partial charge in [-0.05, 0) is 6.92 Å². The van der Waals surface area contributed by atoms with E-state index >= 15 is 0 Å². The smallest absolute Gasteiger partial charge is 0.217 e. The van der Waals surface area contributed by atoms with E-state index in [1.54, 1.807) is 6.08 Å². The highest BCUT2D eigenvalue weighted by molar-refractivity contribution is 5.73. The highest BCUT2D eigenvalue weighted by atomic mass is 16.1. The first-order chi connectivity index (χ1) is 3.66. The molecule has 0 radical (unpaired) electrons. The number of nitrogens with one attached hydrogen (secondary N) is 1. The highest BCUT2D eigenvalue weighted by Gasteiger charge is 1.93. The third kappa shape index (κ3) is 3.40. The van der Waals surface area contributed by atoms with Crippen LogP contribution in [0.2, 0.25) is 0 Å². The van der Waals surface area contributed by atoms with E-state index in [2.05, 4.69) is 11.9 Å². The lowest BCUT2D eigenvalue weighted by molar-refractivity contribution is -0.119. The first-order valence-electron chi connectivity index (χ1n) is 2.56. The lowest BCUT2D eigenvalue weighted by Crippen LogP contribution is -2.28. The van der Waals surface area contributed by atoms with Gasteiger partial charge in [0, 0.05) is 13.0 Å². The molecule has 1 atom stereocenters. The average molecular weight is 113 g/mol. The van der Waals surface area contributed by atoms with Crippen molar-refractivity contribution in [3.63, 3.8) is 0 Å². The molecule has 1 amide bonds. The second-order valence-corrected chi connectivity index (χ2v) is 1.72. The summed E-state index contributed by atoms with van der Waals surface area (Å²) >= 11 is 0. The largest absolute Gasteiger partial charge is 0.350 e. The van der Waals surface area contributed by atoms with Gasteiger partial charge in [0.05, 0.1) is 0 Å². The van der Waals surface area contributed by atoms with E-state index < -0.39 is 0 Å². The molecule has 0 fully saturated rings. The Morgan fingerprint density at radius 3 is 2.50 bits per heavy atom. The fourth-order valence-electron chi connectivity index (χ4n) is 0.380. The summed E-state index contributed by atoms with van der Waals surface area (Å²) < 4.78 is 0. The zero-order valence-corrected chi connectivity index (χ0v) is 5.27. The van der Waals surface area contributed by atoms with E-state index in [0.29, 0.717) is 0 Å². The summed E-state index contributed by atoms with van der Waals surface area (Å²) in [6.07, 6.45) is 1.68. The first-order valence-corrected chi connectivity index (χ1v) is 2.56. The normalized spacial score (nSPS) is 12.2. The molecule has 46 valence electrons. The molecule has 0 aliphatic heterocycles. The van der Waals surface area contributed by atoms with Gasteiger partial charge >= 0.3 is 0 Å². The molecule has 1 N–H and O–H groups in total. The van der Waals surface area contributed by atoms with Gasteiger partial charge in [0.25, 0.3) is 0 Å². The zero-order valence-electron chi connectivity index (χ0n) is 5.27. The summed E-state index contributed by atoms with van der Waals surface area (Å²) in [5.41, 5.74) is 0. The fourth-order valence-corrected chi connectivity index (χ4v) is 0.380. The number of carbonyl (C=O) groups excluding carboxylic acids is 1. The molecular formula is C6H11NO. The zero-order chi connectivity index (χ0) is 6.57. The van der Waals surface area contributed by atoms with Gasteiger partial charge in [-0.2, -0.15) is 0 Å². The molecule has 0 saturated heterocycles. The van der Waals surface area contributed by atoms with Crippen LogP contribution in [-0.2, 0) is 4.79 Å². The van der Waals surface area contributed by atoms with Gasteiger partial charge < -0.3 is 5.32 Å². The number of hydrogen-bond acceptors (Lipinski definition) is 1. The molecule has 2 nitrogen and oxygen atoms in total. The maximum Gasteiger partial charge on any atom is 0.217 e. The maximum absolute atomic E-state index is 10.3. The van der Waals surface area contributed by atoms with Crippen LogP contribution in [0.3, 0.4) is 0 Å². The summed E-state index contributed by atoms with van der Waals surface area (Å²) in [7, 11) is 0. The summed E-state index contributed by atoms with van der Waals surface area (Å²) in [5.74, 6) is -0.0163. The molecule has 8 heavy (non-hydrogen) atoms. The van der Waals surface area contributed by atoms with E-state index in [4.69, 9.17) is 0 Å². The van der Waals surface area contributed by atoms with Crippen LogP contribution in [0.25, 0.3) is 0 Å². The predicted octanol–water partition coefficient (Wildman–Crippen LogP) is 0.697. The Balaban J connectivity index is 3.38. The summed E-state index contributed by atoms with van der Waals surface area (Å²) in [6.45, 7) is 6.85. The van der Waals surface area contributed by atoms with Crippen LogP contribution in [-0.4, -0.2) is 11.9 Å². The second-order valence-electron chi connectivity index (χ2n) is 1.72.